The molecule has 0 bridgehead atoms. The normalized spacial score (nSPS) is 23.7. The van der Waals surface area contributed by atoms with Crippen LogP contribution in [0.2, 0.25) is 0 Å². The number of hydrogen-bond donors (Lipinski definition) is 3. The van der Waals surface area contributed by atoms with Crippen molar-refractivity contribution in [1.29, 1.82) is 0 Å². The van der Waals surface area contributed by atoms with E-state index >= 15 is 0 Å². The van der Waals surface area contributed by atoms with Gasteiger partial charge in [-0.3, -0.25) is 34.3 Å². The molecule has 9 rings (SSSR count). The second-order valence-corrected chi connectivity index (χ2v) is 16.7. The number of nitrogens with zero attached hydrogens (tertiary/aromatic N) is 8. The van der Waals surface area contributed by atoms with E-state index < -0.39 is 11.9 Å². The molecule has 304 valence electrons. The number of carbonyl (C=O) groups excluding carboxylic acids is 5. The highest BCUT2D eigenvalue weighted by atomic mass is 16.2. The number of hydrogen-bond acceptors (Lipinski definition) is 11. The number of likely N-dealkylation sites (N-methyl/N-ethyl adjacent to an activating group) is 1. The summed E-state index contributed by atoms with van der Waals surface area (Å²) < 4.78 is 0. The van der Waals surface area contributed by atoms with Crippen LogP contribution in [0.3, 0.4) is 0 Å². The molecule has 6 aliphatic rings. The lowest BCUT2D eigenvalue weighted by molar-refractivity contribution is -0.136. The first-order valence-corrected chi connectivity index (χ1v) is 20.6. The molecule has 58 heavy (non-hydrogen) atoms. The highest BCUT2D eigenvalue weighted by Crippen LogP contribution is 2.34. The summed E-state index contributed by atoms with van der Waals surface area (Å²) in [6.45, 7) is 8.24. The number of urea groups is 1. The van der Waals surface area contributed by atoms with E-state index in [0.717, 1.165) is 94.9 Å². The molecule has 5 saturated heterocycles. The summed E-state index contributed by atoms with van der Waals surface area (Å²) >= 11 is 0. The number of carbonyl (C=O) groups is 5. The lowest BCUT2D eigenvalue weighted by atomic mass is 9.88. The third kappa shape index (κ3) is 7.46. The van der Waals surface area contributed by atoms with Crippen LogP contribution in [0.25, 0.3) is 0 Å². The Labute approximate surface area is 337 Å². The Morgan fingerprint density at radius 2 is 1.69 bits per heavy atom. The van der Waals surface area contributed by atoms with E-state index in [-0.39, 0.29) is 41.9 Å². The van der Waals surface area contributed by atoms with Crippen LogP contribution in [0, 0.1) is 0 Å². The molecule has 1 unspecified atom stereocenters. The van der Waals surface area contributed by atoms with Crippen LogP contribution in [-0.2, 0) is 22.7 Å². The number of imide groups is 1. The number of piperidine rings is 3. The van der Waals surface area contributed by atoms with Crippen molar-refractivity contribution in [2.75, 3.05) is 69.6 Å². The Hall–Kier alpha value is -5.61. The first-order valence-electron chi connectivity index (χ1n) is 20.6. The number of rotatable bonds is 10. The lowest BCUT2D eigenvalue weighted by Gasteiger charge is -2.48. The topological polar surface area (TPSA) is 181 Å². The van der Waals surface area contributed by atoms with Crippen molar-refractivity contribution in [3.05, 3.63) is 76.6 Å². The molecule has 5 fully saturated rings. The fraction of sp³-hybridized carbons (Fsp3) is 0.500. The molecule has 0 radical (unpaired) electrons. The van der Waals surface area contributed by atoms with Gasteiger partial charge in [0.2, 0.25) is 11.8 Å². The molecule has 0 aliphatic carbocycles. The van der Waals surface area contributed by atoms with Crippen LogP contribution in [0.1, 0.15) is 82.0 Å². The number of nitrogens with two attached hydrogens (primary N) is 1. The summed E-state index contributed by atoms with van der Waals surface area (Å²) in [6.07, 6.45) is 6.25. The van der Waals surface area contributed by atoms with Gasteiger partial charge >= 0.3 is 6.03 Å². The van der Waals surface area contributed by atoms with Gasteiger partial charge < -0.3 is 30.7 Å². The zero-order chi connectivity index (χ0) is 40.1. The van der Waals surface area contributed by atoms with Crippen molar-refractivity contribution in [3.63, 3.8) is 0 Å². The van der Waals surface area contributed by atoms with Crippen LogP contribution in [0.4, 0.5) is 22.1 Å². The number of fused-ring (bicyclic) bond motifs is 1. The maximum atomic E-state index is 13.1. The van der Waals surface area contributed by atoms with Crippen molar-refractivity contribution in [1.82, 2.24) is 39.8 Å². The van der Waals surface area contributed by atoms with E-state index in [1.807, 2.05) is 36.2 Å². The summed E-state index contributed by atoms with van der Waals surface area (Å²) in [7, 11) is 1.84. The van der Waals surface area contributed by atoms with Crippen molar-refractivity contribution >= 4 is 47.0 Å². The molecule has 6 amide bonds. The van der Waals surface area contributed by atoms with Gasteiger partial charge in [-0.05, 0) is 86.0 Å². The van der Waals surface area contributed by atoms with E-state index in [1.54, 1.807) is 16.0 Å². The van der Waals surface area contributed by atoms with Crippen LogP contribution < -0.4 is 21.3 Å². The Morgan fingerprint density at radius 1 is 0.897 bits per heavy atom. The average molecular weight is 790 g/mol. The summed E-state index contributed by atoms with van der Waals surface area (Å²) in [5, 5.41) is 5.68. The third-order valence-corrected chi connectivity index (χ3v) is 13.0. The predicted octanol–water partition coefficient (Wildman–Crippen LogP) is 2.48. The van der Waals surface area contributed by atoms with E-state index in [2.05, 4.69) is 48.5 Å². The molecule has 16 heteroatoms. The summed E-state index contributed by atoms with van der Waals surface area (Å²) in [6, 6.07) is 14.5. The highest BCUT2D eigenvalue weighted by molar-refractivity contribution is 6.05. The summed E-state index contributed by atoms with van der Waals surface area (Å²) in [5.74, 6) is -0.0183. The number of primary amides is 1. The minimum atomic E-state index is -0.650. The van der Waals surface area contributed by atoms with E-state index in [1.165, 1.54) is 5.56 Å². The standard InChI is InChI=1S/C42H51N11O5/c1-48-17-18-52(42(48)58)31-3-2-14-51(25-31)35-20-44-37(38(43)55)39(46-35)45-30-7-5-27(6-8-30)28-12-15-50(16-13-28)32-23-49(24-32)21-26-4-9-33-29(19-26)22-53(41(33)57)34-10-11-36(54)47-40(34)56/h4-9,19-20,28,31-32,34H,2-3,10-18,21-25H2,1H3,(H2,43,55)(H,45,46)(H,47,54,56)/t31-,34?/m1/s1. The zero-order valence-electron chi connectivity index (χ0n) is 32.9. The molecule has 7 heterocycles. The number of nitrogens with one attached hydrogen (secondary N) is 2. The first kappa shape index (κ1) is 37.9. The van der Waals surface area contributed by atoms with Gasteiger partial charge in [-0.1, -0.05) is 24.3 Å². The highest BCUT2D eigenvalue weighted by Gasteiger charge is 2.40. The molecule has 3 aromatic rings. The predicted molar refractivity (Wildman–Crippen MR) is 215 cm³/mol. The van der Waals surface area contributed by atoms with Gasteiger partial charge in [0, 0.05) is 83.1 Å². The Kier molecular flexibility index (Phi) is 10.2. The smallest absolute Gasteiger partial charge is 0.320 e. The third-order valence-electron chi connectivity index (χ3n) is 13.0. The Balaban J connectivity index is 0.755. The number of aromatic nitrogens is 2. The van der Waals surface area contributed by atoms with Crippen LogP contribution >= 0.6 is 0 Å². The van der Waals surface area contributed by atoms with Gasteiger partial charge in [0.25, 0.3) is 11.8 Å². The van der Waals surface area contributed by atoms with Crippen molar-refractivity contribution in [2.24, 2.45) is 5.73 Å². The van der Waals surface area contributed by atoms with E-state index in [4.69, 9.17) is 10.7 Å². The fourth-order valence-corrected chi connectivity index (χ4v) is 9.68. The van der Waals surface area contributed by atoms with Gasteiger partial charge in [-0.15, -0.1) is 0 Å². The van der Waals surface area contributed by atoms with Crippen LogP contribution in [0.15, 0.2) is 48.7 Å². The zero-order valence-corrected chi connectivity index (χ0v) is 32.9. The molecule has 0 spiro atoms. The average Bonchev–Trinajstić information content (AvgIpc) is 3.72. The molecule has 4 N–H and O–H groups in total. The lowest BCUT2D eigenvalue weighted by Crippen LogP contribution is -2.60. The quantitative estimate of drug-likeness (QED) is 0.257. The summed E-state index contributed by atoms with van der Waals surface area (Å²) in [4.78, 5) is 83.9. The second kappa shape index (κ2) is 15.6. The number of amides is 6. The molecular formula is C42H51N11O5. The summed E-state index contributed by atoms with van der Waals surface area (Å²) in [5.41, 5.74) is 10.7. The molecule has 0 saturated carbocycles. The van der Waals surface area contributed by atoms with Crippen molar-refractivity contribution in [3.8, 4) is 0 Å². The fourth-order valence-electron chi connectivity index (χ4n) is 9.68. The molecule has 1 aromatic heterocycles. The number of benzene rings is 2. The Morgan fingerprint density at radius 3 is 2.41 bits per heavy atom. The monoisotopic (exact) mass is 789 g/mol. The van der Waals surface area contributed by atoms with E-state index in [0.29, 0.717) is 48.7 Å². The van der Waals surface area contributed by atoms with Gasteiger partial charge in [0.1, 0.15) is 11.9 Å². The number of likely N-dealkylation sites (tertiary alicyclic amines) is 2. The van der Waals surface area contributed by atoms with Gasteiger partial charge in [0.15, 0.2) is 11.5 Å². The van der Waals surface area contributed by atoms with Crippen LogP contribution in [0.5, 0.6) is 0 Å². The van der Waals surface area contributed by atoms with E-state index in [9.17, 15) is 24.0 Å². The molecule has 16 nitrogen and oxygen atoms in total. The van der Waals surface area contributed by atoms with Crippen LogP contribution in [-0.4, -0.2) is 142 Å². The minimum Gasteiger partial charge on any atom is -0.364 e. The largest absolute Gasteiger partial charge is 0.364 e. The van der Waals surface area contributed by atoms with Crippen molar-refractivity contribution in [2.45, 2.75) is 75.7 Å². The molecule has 2 atom stereocenters. The maximum Gasteiger partial charge on any atom is 0.320 e. The van der Waals surface area contributed by atoms with Crippen molar-refractivity contribution < 1.29 is 24.0 Å². The SMILES string of the molecule is CN1CCN([C@@H]2CCCN(c3cnc(C(N)=O)c(Nc4ccc(C5CCN(C6CN(Cc7ccc8c(c7)CN(C7CCC(=O)NC7=O)C8=O)C6)CC5)cc4)n3)C2)C1=O. The van der Waals surface area contributed by atoms with Gasteiger partial charge in [0.05, 0.1) is 12.2 Å². The molecule has 6 aliphatic heterocycles. The minimum absolute atomic E-state index is 0.0673. The van der Waals surface area contributed by atoms with Gasteiger partial charge in [-0.2, -0.15) is 0 Å². The second-order valence-electron chi connectivity index (χ2n) is 16.7. The molecule has 2 aromatic carbocycles. The molecular weight excluding hydrogens is 739 g/mol. The number of anilines is 3. The Bertz CT molecular complexity index is 2120. The maximum absolute atomic E-state index is 13.1. The van der Waals surface area contributed by atoms with Gasteiger partial charge in [-0.25, -0.2) is 14.8 Å². The first-order chi connectivity index (χ1) is 28.1.